The topological polar surface area (TPSA) is 69.5 Å². The van der Waals surface area contributed by atoms with Gasteiger partial charge in [0.25, 0.3) is 0 Å². The molecule has 1 saturated heterocycles. The predicted molar refractivity (Wildman–Crippen MR) is 157 cm³/mol. The fourth-order valence-electron chi connectivity index (χ4n) is 6.13. The third-order valence-electron chi connectivity index (χ3n) is 8.78. The molecule has 2 aliphatic rings. The van der Waals surface area contributed by atoms with Crippen LogP contribution in [-0.2, 0) is 0 Å². The van der Waals surface area contributed by atoms with Crippen LogP contribution in [0.15, 0.2) is 36.7 Å². The van der Waals surface area contributed by atoms with E-state index in [1.807, 2.05) is 6.20 Å². The summed E-state index contributed by atoms with van der Waals surface area (Å²) in [6.07, 6.45) is 10.0. The Bertz CT molecular complexity index is 1170. The number of piperazine rings is 1. The lowest BCUT2D eigenvalue weighted by Gasteiger charge is -2.40. The highest BCUT2D eigenvalue weighted by molar-refractivity contribution is 5.94. The maximum atomic E-state index is 10.1. The molecule has 7 nitrogen and oxygen atoms in total. The third kappa shape index (κ3) is 5.90. The molecular formula is C31H46N6O. The standard InChI is InChI=1S/C31H46N6O/c1-5-6-15-32-31-33-20-28-29(21-37(30(28)34-31)26-11-13-27(38)14-12-26)25-9-7-24(8-10-25)23(4)36-18-16-35(17-19-36)22(2)3/h7-10,20-23,26-27,38H,5-6,11-19H2,1-4H3,(H,32,33,34)/t23?,26-,27-. The van der Waals surface area contributed by atoms with Gasteiger partial charge in [0.2, 0.25) is 5.95 Å². The average Bonchev–Trinajstić information content (AvgIpc) is 3.32. The third-order valence-corrected chi connectivity index (χ3v) is 8.78. The zero-order chi connectivity index (χ0) is 26.6. The van der Waals surface area contributed by atoms with E-state index in [4.69, 9.17) is 4.98 Å². The zero-order valence-electron chi connectivity index (χ0n) is 23.7. The van der Waals surface area contributed by atoms with Gasteiger partial charge in [-0.05, 0) is 64.0 Å². The number of aromatic nitrogens is 3. The van der Waals surface area contributed by atoms with Gasteiger partial charge in [0, 0.05) is 74.2 Å². The number of nitrogens with one attached hydrogen (secondary N) is 1. The number of aliphatic hydroxyl groups is 1. The number of nitrogens with zero attached hydrogens (tertiary/aromatic N) is 5. The number of anilines is 1. The normalized spacial score (nSPS) is 22.3. The van der Waals surface area contributed by atoms with Gasteiger partial charge in [-0.3, -0.25) is 9.80 Å². The lowest BCUT2D eigenvalue weighted by atomic mass is 9.93. The molecule has 0 bridgehead atoms. The van der Waals surface area contributed by atoms with Crippen molar-refractivity contribution in [2.45, 2.75) is 90.4 Å². The van der Waals surface area contributed by atoms with E-state index in [9.17, 15) is 5.11 Å². The van der Waals surface area contributed by atoms with Crippen LogP contribution in [0.3, 0.4) is 0 Å². The summed E-state index contributed by atoms with van der Waals surface area (Å²) in [7, 11) is 0. The molecule has 5 rings (SSSR count). The minimum absolute atomic E-state index is 0.170. The minimum Gasteiger partial charge on any atom is -0.393 e. The van der Waals surface area contributed by atoms with Crippen LogP contribution in [0.5, 0.6) is 0 Å². The molecule has 1 unspecified atom stereocenters. The summed E-state index contributed by atoms with van der Waals surface area (Å²) < 4.78 is 2.36. The number of fused-ring (bicyclic) bond motifs is 1. The summed E-state index contributed by atoms with van der Waals surface area (Å²) in [6.45, 7) is 14.5. The van der Waals surface area contributed by atoms with Crippen molar-refractivity contribution in [3.63, 3.8) is 0 Å². The van der Waals surface area contributed by atoms with Gasteiger partial charge in [0.05, 0.1) is 6.10 Å². The van der Waals surface area contributed by atoms with Gasteiger partial charge in [0.15, 0.2) is 0 Å². The van der Waals surface area contributed by atoms with Crippen molar-refractivity contribution in [1.29, 1.82) is 0 Å². The number of hydrogen-bond donors (Lipinski definition) is 2. The van der Waals surface area contributed by atoms with Gasteiger partial charge >= 0.3 is 0 Å². The molecule has 206 valence electrons. The predicted octanol–water partition coefficient (Wildman–Crippen LogP) is 5.87. The Labute approximate surface area is 228 Å². The van der Waals surface area contributed by atoms with Crippen molar-refractivity contribution < 1.29 is 5.11 Å². The number of unbranched alkanes of at least 4 members (excludes halogenated alkanes) is 1. The van der Waals surface area contributed by atoms with Crippen molar-refractivity contribution in [3.8, 4) is 11.1 Å². The molecule has 1 aliphatic heterocycles. The van der Waals surface area contributed by atoms with Crippen molar-refractivity contribution in [2.75, 3.05) is 38.0 Å². The second-order valence-corrected chi connectivity index (χ2v) is 11.6. The molecule has 0 amide bonds. The Morgan fingerprint density at radius 2 is 1.66 bits per heavy atom. The fraction of sp³-hybridized carbons (Fsp3) is 0.613. The van der Waals surface area contributed by atoms with Crippen molar-refractivity contribution in [1.82, 2.24) is 24.3 Å². The first-order valence-corrected chi connectivity index (χ1v) is 14.8. The van der Waals surface area contributed by atoms with Crippen molar-refractivity contribution in [2.24, 2.45) is 0 Å². The maximum absolute atomic E-state index is 10.1. The Hall–Kier alpha value is -2.48. The van der Waals surface area contributed by atoms with Crippen LogP contribution < -0.4 is 5.32 Å². The minimum atomic E-state index is -0.170. The molecule has 2 fully saturated rings. The van der Waals surface area contributed by atoms with Crippen LogP contribution in [0.25, 0.3) is 22.2 Å². The second kappa shape index (κ2) is 12.1. The zero-order valence-corrected chi connectivity index (χ0v) is 23.7. The first kappa shape index (κ1) is 27.1. The van der Waals surface area contributed by atoms with E-state index >= 15 is 0 Å². The summed E-state index contributed by atoms with van der Waals surface area (Å²) in [5.41, 5.74) is 4.77. The molecule has 3 heterocycles. The quantitative estimate of drug-likeness (QED) is 0.345. The molecule has 1 saturated carbocycles. The molecule has 2 aromatic heterocycles. The Morgan fingerprint density at radius 3 is 2.32 bits per heavy atom. The summed E-state index contributed by atoms with van der Waals surface area (Å²) in [6, 6.07) is 10.5. The van der Waals surface area contributed by atoms with Gasteiger partial charge in [-0.15, -0.1) is 0 Å². The Balaban J connectivity index is 1.39. The first-order chi connectivity index (χ1) is 18.4. The molecule has 3 aromatic rings. The van der Waals surface area contributed by atoms with Gasteiger partial charge in [-0.1, -0.05) is 37.6 Å². The monoisotopic (exact) mass is 518 g/mol. The first-order valence-electron chi connectivity index (χ1n) is 14.8. The summed E-state index contributed by atoms with van der Waals surface area (Å²) in [4.78, 5) is 14.8. The highest BCUT2D eigenvalue weighted by Crippen LogP contribution is 2.37. The number of aliphatic hydroxyl groups excluding tert-OH is 1. The lowest BCUT2D eigenvalue weighted by molar-refractivity contribution is 0.0834. The molecule has 0 spiro atoms. The summed E-state index contributed by atoms with van der Waals surface area (Å²) in [5, 5.41) is 14.6. The van der Waals surface area contributed by atoms with E-state index in [0.717, 1.165) is 82.3 Å². The molecule has 1 atom stereocenters. The molecule has 0 radical (unpaired) electrons. The van der Waals surface area contributed by atoms with E-state index in [1.165, 1.54) is 16.7 Å². The summed E-state index contributed by atoms with van der Waals surface area (Å²) in [5.74, 6) is 0.703. The molecular weight excluding hydrogens is 472 g/mol. The van der Waals surface area contributed by atoms with Crippen LogP contribution in [0.2, 0.25) is 0 Å². The molecule has 1 aromatic carbocycles. The van der Waals surface area contributed by atoms with Gasteiger partial charge in [-0.2, -0.15) is 4.98 Å². The van der Waals surface area contributed by atoms with Crippen LogP contribution >= 0.6 is 0 Å². The number of benzene rings is 1. The van der Waals surface area contributed by atoms with Gasteiger partial charge < -0.3 is 15.0 Å². The molecule has 38 heavy (non-hydrogen) atoms. The highest BCUT2D eigenvalue weighted by Gasteiger charge is 2.25. The van der Waals surface area contributed by atoms with Crippen LogP contribution in [0, 0.1) is 0 Å². The van der Waals surface area contributed by atoms with Crippen molar-refractivity contribution in [3.05, 3.63) is 42.2 Å². The molecule has 7 heteroatoms. The SMILES string of the molecule is CCCCNc1ncc2c(-c3ccc(C(C)N4CCN(C(C)C)CC4)cc3)cn([C@H]3CC[C@H](O)CC3)c2n1. The largest absolute Gasteiger partial charge is 0.393 e. The molecule has 1 aliphatic carbocycles. The van der Waals surface area contributed by atoms with Crippen LogP contribution in [0.4, 0.5) is 5.95 Å². The summed E-state index contributed by atoms with van der Waals surface area (Å²) >= 11 is 0. The van der Waals surface area contributed by atoms with E-state index in [-0.39, 0.29) is 6.10 Å². The lowest BCUT2D eigenvalue weighted by Crippen LogP contribution is -2.49. The maximum Gasteiger partial charge on any atom is 0.224 e. The fourth-order valence-corrected chi connectivity index (χ4v) is 6.13. The number of hydrogen-bond acceptors (Lipinski definition) is 6. The molecule has 2 N–H and O–H groups in total. The van der Waals surface area contributed by atoms with E-state index < -0.39 is 0 Å². The highest BCUT2D eigenvalue weighted by atomic mass is 16.3. The van der Waals surface area contributed by atoms with E-state index in [2.05, 4.69) is 82.8 Å². The van der Waals surface area contributed by atoms with Crippen LogP contribution in [-0.4, -0.2) is 74.3 Å². The second-order valence-electron chi connectivity index (χ2n) is 11.6. The van der Waals surface area contributed by atoms with Crippen LogP contribution in [0.1, 0.15) is 83.9 Å². The average molecular weight is 519 g/mol. The Morgan fingerprint density at radius 1 is 0.974 bits per heavy atom. The van der Waals surface area contributed by atoms with Gasteiger partial charge in [-0.25, -0.2) is 4.98 Å². The van der Waals surface area contributed by atoms with E-state index in [0.29, 0.717) is 24.1 Å². The van der Waals surface area contributed by atoms with Crippen molar-refractivity contribution >= 4 is 17.0 Å². The Kier molecular flexibility index (Phi) is 8.66. The smallest absolute Gasteiger partial charge is 0.224 e. The number of rotatable bonds is 9. The van der Waals surface area contributed by atoms with Gasteiger partial charge in [0.1, 0.15) is 5.65 Å². The van der Waals surface area contributed by atoms with E-state index in [1.54, 1.807) is 0 Å².